The molecule has 0 radical (unpaired) electrons. The lowest BCUT2D eigenvalue weighted by Gasteiger charge is -2.18. The molecule has 0 aliphatic heterocycles. The van der Waals surface area contributed by atoms with Crippen molar-refractivity contribution >= 4 is 19.5 Å². The van der Waals surface area contributed by atoms with E-state index in [9.17, 15) is 14.2 Å². The van der Waals surface area contributed by atoms with Crippen LogP contribution in [0.4, 0.5) is 0 Å². The van der Waals surface area contributed by atoms with Gasteiger partial charge in [-0.2, -0.15) is 0 Å². The molecule has 0 fully saturated rings. The van der Waals surface area contributed by atoms with Crippen LogP contribution in [0.3, 0.4) is 0 Å². The van der Waals surface area contributed by atoms with Gasteiger partial charge in [0.25, 0.3) is 0 Å². The third kappa shape index (κ3) is 6.41. The second-order valence-corrected chi connectivity index (χ2v) is 5.30. The molecule has 17 heavy (non-hydrogen) atoms. The quantitative estimate of drug-likeness (QED) is 0.502. The summed E-state index contributed by atoms with van der Waals surface area (Å²) in [6, 6.07) is 0. The predicted octanol–water partition coefficient (Wildman–Crippen LogP) is 0.967. The molecular weight excluding hydrogens is 251 g/mol. The smallest absolute Gasteiger partial charge is 0.335 e. The molecule has 0 aromatic heterocycles. The van der Waals surface area contributed by atoms with Gasteiger partial charge in [0, 0.05) is 20.2 Å². The van der Waals surface area contributed by atoms with Gasteiger partial charge in [0.05, 0.1) is 14.2 Å². The third-order valence-electron chi connectivity index (χ3n) is 1.95. The highest BCUT2D eigenvalue weighted by molar-refractivity contribution is 7.53. The molecule has 2 unspecified atom stereocenters. The van der Waals surface area contributed by atoms with Crippen LogP contribution < -0.4 is 0 Å². The highest BCUT2D eigenvalue weighted by Gasteiger charge is 2.29. The van der Waals surface area contributed by atoms with Crippen LogP contribution in [0, 0.1) is 0 Å². The lowest BCUT2D eigenvalue weighted by Crippen LogP contribution is -2.26. The third-order valence-corrected chi connectivity index (χ3v) is 3.25. The zero-order chi connectivity index (χ0) is 13.5. The molecule has 0 aromatic rings. The fraction of sp³-hybridized carbons (Fsp3) is 0.778. The molecular formula is C9H17O7P. The van der Waals surface area contributed by atoms with Crippen LogP contribution in [0.5, 0.6) is 0 Å². The summed E-state index contributed by atoms with van der Waals surface area (Å²) in [6.45, 7) is 1.22. The van der Waals surface area contributed by atoms with E-state index < -0.39 is 25.6 Å². The molecule has 100 valence electrons. The van der Waals surface area contributed by atoms with Crippen LogP contribution in [-0.2, 0) is 32.7 Å². The van der Waals surface area contributed by atoms with Crippen LogP contribution in [0.1, 0.15) is 12.8 Å². The van der Waals surface area contributed by atoms with Gasteiger partial charge in [0.1, 0.15) is 0 Å². The minimum Gasteiger partial charge on any atom is -0.469 e. The summed E-state index contributed by atoms with van der Waals surface area (Å²) in [6.07, 6.45) is -1.14. The zero-order valence-corrected chi connectivity index (χ0v) is 11.2. The normalized spacial score (nSPS) is 15.8. The Morgan fingerprint density at radius 2 is 1.76 bits per heavy atom. The monoisotopic (exact) mass is 268 g/mol. The summed E-state index contributed by atoms with van der Waals surface area (Å²) in [5, 5.41) is 0. The summed E-state index contributed by atoms with van der Waals surface area (Å²) >= 11 is 0. The average molecular weight is 268 g/mol. The Morgan fingerprint density at radius 1 is 1.18 bits per heavy atom. The van der Waals surface area contributed by atoms with E-state index in [1.165, 1.54) is 28.0 Å². The largest absolute Gasteiger partial charge is 0.469 e. The second-order valence-electron chi connectivity index (χ2n) is 3.19. The molecule has 7 nitrogen and oxygen atoms in total. The van der Waals surface area contributed by atoms with Crippen molar-refractivity contribution in [3.63, 3.8) is 0 Å². The molecule has 0 bridgehead atoms. The summed E-state index contributed by atoms with van der Waals surface area (Å²) < 4.78 is 30.0. The van der Waals surface area contributed by atoms with Gasteiger partial charge in [-0.1, -0.05) is 0 Å². The van der Waals surface area contributed by atoms with E-state index in [0.717, 1.165) is 0 Å². The number of methoxy groups -OCH3 is 2. The number of rotatable bonds is 7. The minimum atomic E-state index is -3.32. The average Bonchev–Trinajstić information content (AvgIpc) is 2.32. The number of esters is 2. The number of carbonyl (C=O) groups is 2. The van der Waals surface area contributed by atoms with Crippen molar-refractivity contribution in [1.82, 2.24) is 0 Å². The van der Waals surface area contributed by atoms with Crippen molar-refractivity contribution in [3.05, 3.63) is 0 Å². The van der Waals surface area contributed by atoms with E-state index in [1.54, 1.807) is 0 Å². The maximum absolute atomic E-state index is 11.6. The lowest BCUT2D eigenvalue weighted by molar-refractivity contribution is -0.150. The fourth-order valence-electron chi connectivity index (χ4n) is 0.970. The molecule has 2 atom stereocenters. The molecule has 0 rings (SSSR count). The first kappa shape index (κ1) is 16.1. The first-order valence-electron chi connectivity index (χ1n) is 4.82. The van der Waals surface area contributed by atoms with E-state index in [-0.39, 0.29) is 12.8 Å². The van der Waals surface area contributed by atoms with Crippen LogP contribution in [0.25, 0.3) is 0 Å². The molecule has 0 N–H and O–H groups in total. The summed E-state index contributed by atoms with van der Waals surface area (Å²) in [5.74, 6) is -1.21. The van der Waals surface area contributed by atoms with Crippen molar-refractivity contribution in [1.29, 1.82) is 0 Å². The lowest BCUT2D eigenvalue weighted by atomic mass is 10.2. The molecule has 0 amide bonds. The maximum Gasteiger partial charge on any atom is 0.335 e. The van der Waals surface area contributed by atoms with Crippen molar-refractivity contribution in [2.75, 3.05) is 28.0 Å². The van der Waals surface area contributed by atoms with Crippen LogP contribution in [0.15, 0.2) is 0 Å². The summed E-state index contributed by atoms with van der Waals surface area (Å²) in [5.41, 5.74) is 0. The van der Waals surface area contributed by atoms with Crippen molar-refractivity contribution in [3.8, 4) is 0 Å². The van der Waals surface area contributed by atoms with Crippen LogP contribution >= 0.6 is 7.60 Å². The molecule has 0 saturated heterocycles. The van der Waals surface area contributed by atoms with Crippen molar-refractivity contribution in [2.24, 2.45) is 0 Å². The topological polar surface area (TPSA) is 88.1 Å². The van der Waals surface area contributed by atoms with E-state index in [0.29, 0.717) is 0 Å². The number of ether oxygens (including phenoxy) is 2. The van der Waals surface area contributed by atoms with Gasteiger partial charge in [-0.05, 0) is 6.42 Å². The zero-order valence-electron chi connectivity index (χ0n) is 10.3. The van der Waals surface area contributed by atoms with Crippen molar-refractivity contribution in [2.45, 2.75) is 18.9 Å². The number of hydrogen-bond acceptors (Lipinski definition) is 7. The second kappa shape index (κ2) is 7.42. The first-order chi connectivity index (χ1) is 7.86. The highest BCUT2D eigenvalue weighted by atomic mass is 31.2. The summed E-state index contributed by atoms with van der Waals surface area (Å²) in [4.78, 5) is 22.3. The molecule has 0 saturated carbocycles. The maximum atomic E-state index is 11.6. The fourth-order valence-corrected chi connectivity index (χ4v) is 1.71. The van der Waals surface area contributed by atoms with Gasteiger partial charge in [-0.15, -0.1) is 0 Å². The predicted molar refractivity (Wildman–Crippen MR) is 58.7 cm³/mol. The SMILES string of the molecule is COC(=O)CCC(OP(C)(=O)OC)C(=O)OC. The summed E-state index contributed by atoms with van der Waals surface area (Å²) in [7, 11) is 0.289. The Labute approximate surface area is 99.9 Å². The highest BCUT2D eigenvalue weighted by Crippen LogP contribution is 2.44. The van der Waals surface area contributed by atoms with Crippen LogP contribution in [-0.4, -0.2) is 46.0 Å². The Bertz CT molecular complexity index is 314. The Kier molecular flexibility index (Phi) is 7.03. The first-order valence-corrected chi connectivity index (χ1v) is 6.81. The Hall–Kier alpha value is -0.910. The Morgan fingerprint density at radius 3 is 2.18 bits per heavy atom. The molecule has 0 aliphatic carbocycles. The van der Waals surface area contributed by atoms with E-state index in [4.69, 9.17) is 4.52 Å². The number of hydrogen-bond donors (Lipinski definition) is 0. The van der Waals surface area contributed by atoms with E-state index in [1.807, 2.05) is 0 Å². The standard InChI is InChI=1S/C9H17O7P/c1-13-8(10)6-5-7(9(11)14-2)16-17(4,12)15-3/h7H,5-6H2,1-4H3. The van der Waals surface area contributed by atoms with Gasteiger partial charge < -0.3 is 14.0 Å². The molecule has 0 spiro atoms. The van der Waals surface area contributed by atoms with Gasteiger partial charge in [-0.3, -0.25) is 13.9 Å². The van der Waals surface area contributed by atoms with Gasteiger partial charge in [-0.25, -0.2) is 4.79 Å². The minimum absolute atomic E-state index is 0.0144. The Balaban J connectivity index is 4.50. The molecule has 0 heterocycles. The van der Waals surface area contributed by atoms with Gasteiger partial charge in [0.2, 0.25) is 0 Å². The molecule has 0 aliphatic rings. The number of carbonyl (C=O) groups excluding carboxylic acids is 2. The van der Waals surface area contributed by atoms with E-state index in [2.05, 4.69) is 14.0 Å². The van der Waals surface area contributed by atoms with Crippen molar-refractivity contribution < 1.29 is 32.7 Å². The van der Waals surface area contributed by atoms with Gasteiger partial charge >= 0.3 is 19.5 Å². The molecule has 0 aromatic carbocycles. The van der Waals surface area contributed by atoms with Gasteiger partial charge in [0.15, 0.2) is 6.10 Å². The van der Waals surface area contributed by atoms with E-state index >= 15 is 0 Å². The van der Waals surface area contributed by atoms with Crippen LogP contribution in [0.2, 0.25) is 0 Å². The molecule has 8 heteroatoms.